The van der Waals surface area contributed by atoms with E-state index in [9.17, 15) is 14.7 Å². The number of aliphatic hydroxyl groups excluding tert-OH is 1. The Morgan fingerprint density at radius 3 is 2.22 bits per heavy atom. The topological polar surface area (TPSA) is 60.9 Å². The van der Waals surface area contributed by atoms with Crippen LogP contribution in [0.25, 0.3) is 0 Å². The van der Waals surface area contributed by atoms with Crippen LogP contribution in [0.1, 0.15) is 33.6 Å². The molecule has 0 atom stereocenters. The summed E-state index contributed by atoms with van der Waals surface area (Å²) in [7, 11) is 1.73. The second-order valence-electron chi connectivity index (χ2n) is 5.65. The standard InChI is InChI=1S/C13H24N2O3/c1-10(17)15-7-5-11(6-8-15)12(18)14(4)13(2,3)9-16/h11,16H,5-9H2,1-4H3. The first kappa shape index (κ1) is 15.0. The summed E-state index contributed by atoms with van der Waals surface area (Å²) in [6, 6.07) is 0. The quantitative estimate of drug-likeness (QED) is 0.798. The first-order chi connectivity index (χ1) is 8.29. The Morgan fingerprint density at radius 2 is 1.83 bits per heavy atom. The number of amides is 2. The average molecular weight is 256 g/mol. The monoisotopic (exact) mass is 256 g/mol. The third-order valence-electron chi connectivity index (χ3n) is 3.92. The lowest BCUT2D eigenvalue weighted by Gasteiger charge is -2.38. The molecule has 0 aromatic carbocycles. The molecule has 0 unspecified atom stereocenters. The van der Waals surface area contributed by atoms with E-state index < -0.39 is 5.54 Å². The Labute approximate surface area is 109 Å². The summed E-state index contributed by atoms with van der Waals surface area (Å²) in [4.78, 5) is 26.9. The van der Waals surface area contributed by atoms with Gasteiger partial charge in [-0.15, -0.1) is 0 Å². The zero-order valence-electron chi connectivity index (χ0n) is 11.8. The summed E-state index contributed by atoms with van der Waals surface area (Å²) in [6.45, 7) is 6.49. The van der Waals surface area contributed by atoms with Crippen molar-refractivity contribution in [3.05, 3.63) is 0 Å². The summed E-state index contributed by atoms with van der Waals surface area (Å²) >= 11 is 0. The predicted molar refractivity (Wildman–Crippen MR) is 68.9 cm³/mol. The highest BCUT2D eigenvalue weighted by Gasteiger charge is 2.33. The molecule has 1 fully saturated rings. The van der Waals surface area contributed by atoms with Crippen LogP contribution in [-0.2, 0) is 9.59 Å². The van der Waals surface area contributed by atoms with Crippen molar-refractivity contribution in [2.24, 2.45) is 5.92 Å². The van der Waals surface area contributed by atoms with Gasteiger partial charge in [-0.3, -0.25) is 9.59 Å². The minimum Gasteiger partial charge on any atom is -0.394 e. The summed E-state index contributed by atoms with van der Waals surface area (Å²) in [5, 5.41) is 9.28. The largest absolute Gasteiger partial charge is 0.394 e. The molecule has 1 heterocycles. The van der Waals surface area contributed by atoms with Crippen molar-refractivity contribution in [1.29, 1.82) is 0 Å². The molecule has 0 bridgehead atoms. The molecule has 0 spiro atoms. The molecule has 0 aliphatic carbocycles. The van der Waals surface area contributed by atoms with Gasteiger partial charge in [0.2, 0.25) is 11.8 Å². The fourth-order valence-electron chi connectivity index (χ4n) is 2.12. The molecule has 1 aliphatic heterocycles. The third kappa shape index (κ3) is 3.22. The lowest BCUT2D eigenvalue weighted by molar-refractivity contribution is -0.144. The van der Waals surface area contributed by atoms with Crippen molar-refractivity contribution in [3.63, 3.8) is 0 Å². The Bertz CT molecular complexity index is 320. The van der Waals surface area contributed by atoms with E-state index in [1.54, 1.807) is 23.8 Å². The molecule has 1 N–H and O–H groups in total. The van der Waals surface area contributed by atoms with Crippen molar-refractivity contribution in [1.82, 2.24) is 9.80 Å². The van der Waals surface area contributed by atoms with Crippen molar-refractivity contribution < 1.29 is 14.7 Å². The number of rotatable bonds is 3. The molecule has 104 valence electrons. The average Bonchev–Trinajstić information content (AvgIpc) is 2.37. The van der Waals surface area contributed by atoms with E-state index in [-0.39, 0.29) is 24.3 Å². The van der Waals surface area contributed by atoms with E-state index in [1.165, 1.54) is 0 Å². The molecule has 0 aromatic rings. The number of nitrogens with zero attached hydrogens (tertiary/aromatic N) is 2. The predicted octanol–water partition coefficient (Wildman–Crippen LogP) is 0.474. The molecule has 1 rings (SSSR count). The van der Waals surface area contributed by atoms with Crippen LogP contribution in [0.4, 0.5) is 0 Å². The van der Waals surface area contributed by atoms with Crippen LogP contribution in [0.15, 0.2) is 0 Å². The van der Waals surface area contributed by atoms with Crippen molar-refractivity contribution in [2.75, 3.05) is 26.7 Å². The second kappa shape index (κ2) is 5.69. The number of piperidine rings is 1. The van der Waals surface area contributed by atoms with Gasteiger partial charge in [0.1, 0.15) is 0 Å². The van der Waals surface area contributed by atoms with Crippen molar-refractivity contribution >= 4 is 11.8 Å². The molecule has 5 nitrogen and oxygen atoms in total. The van der Waals surface area contributed by atoms with Gasteiger partial charge in [0.05, 0.1) is 12.1 Å². The van der Waals surface area contributed by atoms with E-state index >= 15 is 0 Å². The molecule has 5 heteroatoms. The minimum atomic E-state index is -0.533. The number of hydrogen-bond donors (Lipinski definition) is 1. The normalized spacial score (nSPS) is 17.7. The molecule has 1 saturated heterocycles. The van der Waals surface area contributed by atoms with Crippen LogP contribution in [0, 0.1) is 5.92 Å². The third-order valence-corrected chi connectivity index (χ3v) is 3.92. The maximum atomic E-state index is 12.3. The van der Waals surface area contributed by atoms with Crippen molar-refractivity contribution in [2.45, 2.75) is 39.2 Å². The number of carbonyl (C=O) groups excluding carboxylic acids is 2. The lowest BCUT2D eigenvalue weighted by atomic mass is 9.93. The van der Waals surface area contributed by atoms with Gasteiger partial charge in [-0.05, 0) is 26.7 Å². The Kier molecular flexibility index (Phi) is 4.73. The Hall–Kier alpha value is -1.10. The zero-order valence-corrected chi connectivity index (χ0v) is 11.8. The number of aliphatic hydroxyl groups is 1. The van der Waals surface area contributed by atoms with Gasteiger partial charge < -0.3 is 14.9 Å². The lowest BCUT2D eigenvalue weighted by Crippen LogP contribution is -2.51. The smallest absolute Gasteiger partial charge is 0.226 e. The summed E-state index contributed by atoms with van der Waals surface area (Å²) in [6.07, 6.45) is 1.43. The highest BCUT2D eigenvalue weighted by atomic mass is 16.3. The molecular formula is C13H24N2O3. The van der Waals surface area contributed by atoms with E-state index in [2.05, 4.69) is 0 Å². The highest BCUT2D eigenvalue weighted by Crippen LogP contribution is 2.22. The Balaban J connectivity index is 2.57. The Morgan fingerprint density at radius 1 is 1.33 bits per heavy atom. The van der Waals surface area contributed by atoms with Gasteiger partial charge in [0.25, 0.3) is 0 Å². The van der Waals surface area contributed by atoms with Crippen LogP contribution in [0.3, 0.4) is 0 Å². The first-order valence-electron chi connectivity index (χ1n) is 6.43. The molecular weight excluding hydrogens is 232 g/mol. The van der Waals surface area contributed by atoms with E-state index in [0.717, 1.165) is 0 Å². The fraction of sp³-hybridized carbons (Fsp3) is 0.846. The second-order valence-corrected chi connectivity index (χ2v) is 5.65. The maximum absolute atomic E-state index is 12.3. The molecule has 0 radical (unpaired) electrons. The summed E-state index contributed by atoms with van der Waals surface area (Å²) in [5.74, 6) is 0.110. The zero-order chi connectivity index (χ0) is 13.9. The van der Waals surface area contributed by atoms with E-state index in [0.29, 0.717) is 25.9 Å². The maximum Gasteiger partial charge on any atom is 0.226 e. The molecule has 1 aliphatic rings. The van der Waals surface area contributed by atoms with Crippen molar-refractivity contribution in [3.8, 4) is 0 Å². The number of likely N-dealkylation sites (N-methyl/N-ethyl adjacent to an activating group) is 1. The van der Waals surface area contributed by atoms with Gasteiger partial charge in [-0.1, -0.05) is 0 Å². The van der Waals surface area contributed by atoms with Crippen LogP contribution in [0.5, 0.6) is 0 Å². The van der Waals surface area contributed by atoms with E-state index in [1.807, 2.05) is 13.8 Å². The van der Waals surface area contributed by atoms with Gasteiger partial charge >= 0.3 is 0 Å². The first-order valence-corrected chi connectivity index (χ1v) is 6.43. The molecule has 18 heavy (non-hydrogen) atoms. The van der Waals surface area contributed by atoms with Gasteiger partial charge in [0, 0.05) is 33.0 Å². The number of carbonyl (C=O) groups is 2. The molecule has 0 aromatic heterocycles. The van der Waals surface area contributed by atoms with Crippen LogP contribution < -0.4 is 0 Å². The van der Waals surface area contributed by atoms with Gasteiger partial charge in [-0.2, -0.15) is 0 Å². The molecule has 0 saturated carbocycles. The van der Waals surface area contributed by atoms with Gasteiger partial charge in [0.15, 0.2) is 0 Å². The van der Waals surface area contributed by atoms with Crippen LogP contribution in [-0.4, -0.2) is 59.0 Å². The van der Waals surface area contributed by atoms with E-state index in [4.69, 9.17) is 0 Å². The highest BCUT2D eigenvalue weighted by molar-refractivity contribution is 5.80. The number of likely N-dealkylation sites (tertiary alicyclic amines) is 1. The van der Waals surface area contributed by atoms with Crippen LogP contribution >= 0.6 is 0 Å². The fourth-order valence-corrected chi connectivity index (χ4v) is 2.12. The molecule has 2 amide bonds. The van der Waals surface area contributed by atoms with Crippen LogP contribution in [0.2, 0.25) is 0 Å². The summed E-state index contributed by atoms with van der Waals surface area (Å²) < 4.78 is 0. The number of hydrogen-bond acceptors (Lipinski definition) is 3. The van der Waals surface area contributed by atoms with Gasteiger partial charge in [-0.25, -0.2) is 0 Å². The minimum absolute atomic E-state index is 0.0311. The summed E-state index contributed by atoms with van der Waals surface area (Å²) in [5.41, 5.74) is -0.533. The SMILES string of the molecule is CC(=O)N1CCC(C(=O)N(C)C(C)(C)CO)CC1.